The maximum absolute atomic E-state index is 12.7. The third kappa shape index (κ3) is 3.29. The highest BCUT2D eigenvalue weighted by molar-refractivity contribution is 5.83. The van der Waals surface area contributed by atoms with Gasteiger partial charge in [0.25, 0.3) is 5.91 Å². The average Bonchev–Trinajstić information content (AvgIpc) is 3.08. The molecule has 0 bridgehead atoms. The smallest absolute Gasteiger partial charge is 0.254 e. The molecule has 1 aromatic heterocycles. The molecule has 0 spiro atoms. The van der Waals surface area contributed by atoms with Gasteiger partial charge in [-0.05, 0) is 30.9 Å². The van der Waals surface area contributed by atoms with Crippen molar-refractivity contribution in [2.45, 2.75) is 45.4 Å². The van der Waals surface area contributed by atoms with Crippen molar-refractivity contribution in [1.82, 2.24) is 15.1 Å². The molecule has 5 heteroatoms. The molecule has 2 atom stereocenters. The monoisotopic (exact) mass is 313 g/mol. The van der Waals surface area contributed by atoms with Gasteiger partial charge in [-0.2, -0.15) is 5.10 Å². The van der Waals surface area contributed by atoms with Gasteiger partial charge in [-0.25, -0.2) is 0 Å². The van der Waals surface area contributed by atoms with E-state index in [-0.39, 0.29) is 11.9 Å². The highest BCUT2D eigenvalue weighted by Gasteiger charge is 2.28. The van der Waals surface area contributed by atoms with Crippen LogP contribution < -0.4 is 5.32 Å². The van der Waals surface area contributed by atoms with Gasteiger partial charge >= 0.3 is 0 Å². The van der Waals surface area contributed by atoms with Gasteiger partial charge in [-0.15, -0.1) is 0 Å². The van der Waals surface area contributed by atoms with E-state index in [0.29, 0.717) is 6.61 Å². The summed E-state index contributed by atoms with van der Waals surface area (Å²) in [5.41, 5.74) is 3.22. The van der Waals surface area contributed by atoms with Crippen LogP contribution in [0.3, 0.4) is 0 Å². The van der Waals surface area contributed by atoms with Gasteiger partial charge < -0.3 is 10.1 Å². The molecule has 1 aliphatic heterocycles. The summed E-state index contributed by atoms with van der Waals surface area (Å²) in [7, 11) is 0. The molecule has 2 heterocycles. The Labute approximate surface area is 136 Å². The van der Waals surface area contributed by atoms with E-state index in [1.54, 1.807) is 0 Å². The Morgan fingerprint density at radius 3 is 3.00 bits per heavy atom. The Morgan fingerprint density at radius 1 is 1.43 bits per heavy atom. The number of rotatable bonds is 5. The Morgan fingerprint density at radius 2 is 2.26 bits per heavy atom. The molecule has 3 rings (SSSR count). The van der Waals surface area contributed by atoms with Gasteiger partial charge in [-0.3, -0.25) is 9.48 Å². The van der Waals surface area contributed by atoms with Crippen molar-refractivity contribution in [2.24, 2.45) is 0 Å². The first-order chi connectivity index (χ1) is 11.2. The SMILES string of the molecule is CCC(NC(=O)C1OCCc2ccccc21)c1cnn(CC)c1. The zero-order valence-electron chi connectivity index (χ0n) is 13.7. The number of carbonyl (C=O) groups is 1. The van der Waals surface area contributed by atoms with Crippen molar-refractivity contribution in [1.29, 1.82) is 0 Å². The molecule has 1 N–H and O–H groups in total. The van der Waals surface area contributed by atoms with Crippen molar-refractivity contribution in [3.05, 3.63) is 53.3 Å². The van der Waals surface area contributed by atoms with Gasteiger partial charge in [0.1, 0.15) is 0 Å². The Kier molecular flexibility index (Phi) is 4.76. The van der Waals surface area contributed by atoms with E-state index < -0.39 is 6.10 Å². The molecule has 2 unspecified atom stereocenters. The second kappa shape index (κ2) is 6.96. The summed E-state index contributed by atoms with van der Waals surface area (Å²) in [4.78, 5) is 12.7. The first kappa shape index (κ1) is 15.7. The fourth-order valence-electron chi connectivity index (χ4n) is 3.01. The number of hydrogen-bond acceptors (Lipinski definition) is 3. The van der Waals surface area contributed by atoms with Gasteiger partial charge in [-0.1, -0.05) is 31.2 Å². The number of nitrogens with zero attached hydrogens (tertiary/aromatic N) is 2. The molecular formula is C18H23N3O2. The number of benzene rings is 1. The van der Waals surface area contributed by atoms with Crippen LogP contribution in [0.1, 0.15) is 49.1 Å². The van der Waals surface area contributed by atoms with E-state index in [2.05, 4.69) is 23.4 Å². The molecule has 2 aromatic rings. The zero-order chi connectivity index (χ0) is 16.2. The predicted molar refractivity (Wildman–Crippen MR) is 87.9 cm³/mol. The third-order valence-corrected chi connectivity index (χ3v) is 4.34. The van der Waals surface area contributed by atoms with Crippen LogP contribution in [-0.2, 0) is 22.5 Å². The van der Waals surface area contributed by atoms with Crippen molar-refractivity contribution < 1.29 is 9.53 Å². The number of hydrogen-bond donors (Lipinski definition) is 1. The Hall–Kier alpha value is -2.14. The maximum atomic E-state index is 12.7. The lowest BCUT2D eigenvalue weighted by atomic mass is 9.96. The zero-order valence-corrected chi connectivity index (χ0v) is 13.7. The quantitative estimate of drug-likeness (QED) is 0.923. The standard InChI is InChI=1S/C18H23N3O2/c1-3-16(14-11-19-21(4-2)12-14)20-18(22)17-15-8-6-5-7-13(15)9-10-23-17/h5-8,11-12,16-17H,3-4,9-10H2,1-2H3,(H,20,22). The Balaban J connectivity index is 1.75. The van der Waals surface area contributed by atoms with Crippen LogP contribution in [0.25, 0.3) is 0 Å². The van der Waals surface area contributed by atoms with Crippen LogP contribution in [0.5, 0.6) is 0 Å². The lowest BCUT2D eigenvalue weighted by Gasteiger charge is -2.27. The molecule has 1 aliphatic rings. The molecule has 0 saturated carbocycles. The lowest BCUT2D eigenvalue weighted by molar-refractivity contribution is -0.135. The second-order valence-electron chi connectivity index (χ2n) is 5.80. The normalized spacial score (nSPS) is 18.3. The van der Waals surface area contributed by atoms with E-state index in [4.69, 9.17) is 4.74 Å². The fourth-order valence-corrected chi connectivity index (χ4v) is 3.01. The second-order valence-corrected chi connectivity index (χ2v) is 5.80. The van der Waals surface area contributed by atoms with Crippen LogP contribution >= 0.6 is 0 Å². The molecule has 1 amide bonds. The van der Waals surface area contributed by atoms with Crippen molar-refractivity contribution in [3.8, 4) is 0 Å². The summed E-state index contributed by atoms with van der Waals surface area (Å²) in [5, 5.41) is 7.41. The van der Waals surface area contributed by atoms with Gasteiger partial charge in [0, 0.05) is 18.3 Å². The summed E-state index contributed by atoms with van der Waals surface area (Å²) in [6.45, 7) is 5.51. The van der Waals surface area contributed by atoms with Gasteiger partial charge in [0.2, 0.25) is 0 Å². The summed E-state index contributed by atoms with van der Waals surface area (Å²) in [6, 6.07) is 7.97. The molecule has 1 aromatic carbocycles. The van der Waals surface area contributed by atoms with Crippen LogP contribution in [0.2, 0.25) is 0 Å². The Bertz CT molecular complexity index is 680. The molecule has 0 fully saturated rings. The molecule has 0 radical (unpaired) electrons. The lowest BCUT2D eigenvalue weighted by Crippen LogP contribution is -2.36. The van der Waals surface area contributed by atoms with Crippen molar-refractivity contribution in [3.63, 3.8) is 0 Å². The van der Waals surface area contributed by atoms with Crippen LogP contribution in [0.4, 0.5) is 0 Å². The van der Waals surface area contributed by atoms with E-state index in [0.717, 1.165) is 30.5 Å². The first-order valence-corrected chi connectivity index (χ1v) is 8.25. The number of ether oxygens (including phenoxy) is 1. The molecule has 0 aliphatic carbocycles. The summed E-state index contributed by atoms with van der Waals surface area (Å²) in [5.74, 6) is -0.0757. The van der Waals surface area contributed by atoms with Crippen LogP contribution in [0.15, 0.2) is 36.7 Å². The molecule has 122 valence electrons. The maximum Gasteiger partial charge on any atom is 0.254 e. The van der Waals surface area contributed by atoms with Crippen molar-refractivity contribution in [2.75, 3.05) is 6.61 Å². The number of aryl methyl sites for hydroxylation is 1. The largest absolute Gasteiger partial charge is 0.363 e. The van der Waals surface area contributed by atoms with E-state index in [1.165, 1.54) is 5.56 Å². The topological polar surface area (TPSA) is 56.1 Å². The highest BCUT2D eigenvalue weighted by Crippen LogP contribution is 2.28. The van der Waals surface area contributed by atoms with Crippen LogP contribution in [-0.4, -0.2) is 22.3 Å². The molecule has 0 saturated heterocycles. The van der Waals surface area contributed by atoms with Crippen molar-refractivity contribution >= 4 is 5.91 Å². The highest BCUT2D eigenvalue weighted by atomic mass is 16.5. The molecule has 5 nitrogen and oxygen atoms in total. The van der Waals surface area contributed by atoms with E-state index >= 15 is 0 Å². The third-order valence-electron chi connectivity index (χ3n) is 4.34. The first-order valence-electron chi connectivity index (χ1n) is 8.25. The van der Waals surface area contributed by atoms with E-state index in [1.807, 2.05) is 42.2 Å². The number of aromatic nitrogens is 2. The van der Waals surface area contributed by atoms with Gasteiger partial charge in [0.15, 0.2) is 6.10 Å². The number of amides is 1. The minimum absolute atomic E-state index is 0.0412. The van der Waals surface area contributed by atoms with Gasteiger partial charge in [0.05, 0.1) is 18.8 Å². The number of fused-ring (bicyclic) bond motifs is 1. The van der Waals surface area contributed by atoms with Crippen LogP contribution in [0, 0.1) is 0 Å². The number of nitrogens with one attached hydrogen (secondary N) is 1. The molecule has 23 heavy (non-hydrogen) atoms. The number of carbonyl (C=O) groups excluding carboxylic acids is 1. The summed E-state index contributed by atoms with van der Waals surface area (Å²) in [6.07, 6.45) is 4.98. The summed E-state index contributed by atoms with van der Waals surface area (Å²) >= 11 is 0. The average molecular weight is 313 g/mol. The summed E-state index contributed by atoms with van der Waals surface area (Å²) < 4.78 is 7.61. The minimum atomic E-state index is -0.518. The van der Waals surface area contributed by atoms with E-state index in [9.17, 15) is 4.79 Å². The molecular weight excluding hydrogens is 290 g/mol. The predicted octanol–water partition coefficient (Wildman–Crippen LogP) is 2.78. The minimum Gasteiger partial charge on any atom is -0.363 e. The fraction of sp³-hybridized carbons (Fsp3) is 0.444.